The lowest BCUT2D eigenvalue weighted by atomic mass is 10.2. The van der Waals surface area contributed by atoms with Crippen LogP contribution in [0, 0.1) is 6.92 Å². The van der Waals surface area contributed by atoms with E-state index in [1.165, 1.54) is 11.8 Å². The van der Waals surface area contributed by atoms with Crippen molar-refractivity contribution in [1.29, 1.82) is 0 Å². The molecule has 0 aliphatic carbocycles. The Labute approximate surface area is 171 Å². The molecule has 150 valence electrons. The minimum Gasteiger partial charge on any atom is -0.469 e. The topological polar surface area (TPSA) is 91.4 Å². The molecule has 1 N–H and O–H groups in total. The van der Waals surface area contributed by atoms with Crippen LogP contribution in [0.5, 0.6) is 11.5 Å². The van der Waals surface area contributed by atoms with Crippen LogP contribution in [-0.4, -0.2) is 32.7 Å². The Morgan fingerprint density at radius 2 is 2.17 bits per heavy atom. The lowest BCUT2D eigenvalue weighted by Crippen LogP contribution is -2.23. The predicted molar refractivity (Wildman–Crippen MR) is 109 cm³/mol. The number of aryl methyl sites for hydroxylation is 1. The van der Waals surface area contributed by atoms with Gasteiger partial charge in [0.15, 0.2) is 22.5 Å². The molecule has 0 saturated heterocycles. The lowest BCUT2D eigenvalue weighted by Gasteiger charge is -2.13. The molecule has 0 saturated carbocycles. The average molecular weight is 412 g/mol. The van der Waals surface area contributed by atoms with Gasteiger partial charge in [-0.05, 0) is 32.0 Å². The van der Waals surface area contributed by atoms with Gasteiger partial charge in [-0.15, -0.1) is 16.8 Å². The number of fused-ring (bicyclic) bond motifs is 1. The van der Waals surface area contributed by atoms with Crippen LogP contribution in [0.2, 0.25) is 0 Å². The standard InChI is InChI=1S/C20H20N4O4S/c1-4-8-24-18(15-7-9-26-12(15)2)22-23-20(24)29-13(3)19(25)21-14-5-6-16-17(10-14)28-11-27-16/h4-7,9-10,13H,1,8,11H2,2-3H3,(H,21,25). The molecule has 0 fully saturated rings. The summed E-state index contributed by atoms with van der Waals surface area (Å²) in [6, 6.07) is 7.15. The molecule has 0 spiro atoms. The fraction of sp³-hybridized carbons (Fsp3) is 0.250. The molecule has 2 aromatic heterocycles. The van der Waals surface area contributed by atoms with E-state index in [1.807, 2.05) is 24.5 Å². The number of amides is 1. The van der Waals surface area contributed by atoms with Crippen molar-refractivity contribution in [2.75, 3.05) is 12.1 Å². The number of carbonyl (C=O) groups excluding carboxylic acids is 1. The van der Waals surface area contributed by atoms with Gasteiger partial charge < -0.3 is 19.2 Å². The van der Waals surface area contributed by atoms with E-state index in [2.05, 4.69) is 22.1 Å². The number of nitrogens with one attached hydrogen (secondary N) is 1. The van der Waals surface area contributed by atoms with Crippen molar-refractivity contribution in [1.82, 2.24) is 14.8 Å². The summed E-state index contributed by atoms with van der Waals surface area (Å²) >= 11 is 1.33. The maximum absolute atomic E-state index is 12.7. The van der Waals surface area contributed by atoms with E-state index in [9.17, 15) is 4.79 Å². The highest BCUT2D eigenvalue weighted by atomic mass is 32.2. The third-order valence-corrected chi connectivity index (χ3v) is 5.50. The van der Waals surface area contributed by atoms with E-state index in [0.717, 1.165) is 11.3 Å². The quantitative estimate of drug-likeness (QED) is 0.465. The molecule has 1 aromatic carbocycles. The van der Waals surface area contributed by atoms with Crippen LogP contribution in [0.4, 0.5) is 5.69 Å². The van der Waals surface area contributed by atoms with Crippen molar-refractivity contribution in [3.8, 4) is 22.9 Å². The molecule has 0 bridgehead atoms. The molecular formula is C20H20N4O4S. The zero-order valence-electron chi connectivity index (χ0n) is 16.0. The molecule has 1 amide bonds. The molecule has 4 rings (SSSR count). The predicted octanol–water partition coefficient (Wildman–Crippen LogP) is 3.88. The van der Waals surface area contributed by atoms with Crippen LogP contribution in [0.25, 0.3) is 11.4 Å². The number of carbonyl (C=O) groups is 1. The number of nitrogens with zero attached hydrogens (tertiary/aromatic N) is 3. The van der Waals surface area contributed by atoms with Gasteiger partial charge in [0, 0.05) is 18.3 Å². The second-order valence-electron chi connectivity index (χ2n) is 6.41. The monoisotopic (exact) mass is 412 g/mol. The minimum absolute atomic E-state index is 0.150. The van der Waals surface area contributed by atoms with Crippen molar-refractivity contribution < 1.29 is 18.7 Å². The summed E-state index contributed by atoms with van der Waals surface area (Å²) in [6.45, 7) is 8.21. The highest BCUT2D eigenvalue weighted by molar-refractivity contribution is 8.00. The maximum Gasteiger partial charge on any atom is 0.237 e. The second kappa shape index (κ2) is 8.04. The summed E-state index contributed by atoms with van der Waals surface area (Å²) in [5, 5.41) is 11.7. The van der Waals surface area contributed by atoms with E-state index >= 15 is 0 Å². The molecule has 8 nitrogen and oxygen atoms in total. The van der Waals surface area contributed by atoms with E-state index in [1.54, 1.807) is 30.5 Å². The molecule has 1 aliphatic heterocycles. The van der Waals surface area contributed by atoms with E-state index in [-0.39, 0.29) is 12.7 Å². The Morgan fingerprint density at radius 3 is 2.93 bits per heavy atom. The van der Waals surface area contributed by atoms with Gasteiger partial charge in [-0.25, -0.2) is 0 Å². The van der Waals surface area contributed by atoms with Crippen LogP contribution in [0.1, 0.15) is 12.7 Å². The van der Waals surface area contributed by atoms with Crippen molar-refractivity contribution in [3.05, 3.63) is 48.9 Å². The smallest absolute Gasteiger partial charge is 0.237 e. The number of thioether (sulfide) groups is 1. The first-order valence-corrected chi connectivity index (χ1v) is 9.90. The van der Waals surface area contributed by atoms with Gasteiger partial charge in [0.25, 0.3) is 0 Å². The summed E-state index contributed by atoms with van der Waals surface area (Å²) in [5.74, 6) is 2.58. The number of aromatic nitrogens is 3. The Bertz CT molecular complexity index is 1060. The Morgan fingerprint density at radius 1 is 1.34 bits per heavy atom. The van der Waals surface area contributed by atoms with Crippen molar-refractivity contribution >= 4 is 23.4 Å². The fourth-order valence-electron chi connectivity index (χ4n) is 2.92. The van der Waals surface area contributed by atoms with Gasteiger partial charge in [-0.1, -0.05) is 17.8 Å². The largest absolute Gasteiger partial charge is 0.469 e. The first-order chi connectivity index (χ1) is 14.1. The fourth-order valence-corrected chi connectivity index (χ4v) is 3.77. The van der Waals surface area contributed by atoms with Gasteiger partial charge in [0.1, 0.15) is 5.76 Å². The van der Waals surface area contributed by atoms with Crippen molar-refractivity contribution in [2.24, 2.45) is 0 Å². The van der Waals surface area contributed by atoms with E-state index < -0.39 is 5.25 Å². The highest BCUT2D eigenvalue weighted by Gasteiger charge is 2.22. The van der Waals surface area contributed by atoms with E-state index in [0.29, 0.717) is 34.7 Å². The average Bonchev–Trinajstić information content (AvgIpc) is 3.42. The molecule has 29 heavy (non-hydrogen) atoms. The Hall–Kier alpha value is -3.20. The van der Waals surface area contributed by atoms with Crippen molar-refractivity contribution in [3.63, 3.8) is 0 Å². The molecule has 3 aromatic rings. The molecule has 1 aliphatic rings. The minimum atomic E-state index is -0.397. The number of hydrogen-bond donors (Lipinski definition) is 1. The second-order valence-corrected chi connectivity index (χ2v) is 7.72. The zero-order chi connectivity index (χ0) is 20.4. The van der Waals surface area contributed by atoms with Crippen LogP contribution in [0.15, 0.2) is 52.8 Å². The zero-order valence-corrected chi connectivity index (χ0v) is 16.9. The van der Waals surface area contributed by atoms with Gasteiger partial charge in [-0.2, -0.15) is 0 Å². The van der Waals surface area contributed by atoms with Gasteiger partial charge >= 0.3 is 0 Å². The Kier molecular flexibility index (Phi) is 5.30. The highest BCUT2D eigenvalue weighted by Crippen LogP contribution is 2.35. The molecule has 3 heterocycles. The van der Waals surface area contributed by atoms with Crippen molar-refractivity contribution in [2.45, 2.75) is 30.8 Å². The van der Waals surface area contributed by atoms with Crippen LogP contribution < -0.4 is 14.8 Å². The number of allylic oxidation sites excluding steroid dienone is 1. The van der Waals surface area contributed by atoms with Gasteiger partial charge in [0.2, 0.25) is 12.7 Å². The number of anilines is 1. The summed E-state index contributed by atoms with van der Waals surface area (Å²) < 4.78 is 17.9. The number of hydrogen-bond acceptors (Lipinski definition) is 7. The number of benzene rings is 1. The van der Waals surface area contributed by atoms with Gasteiger partial charge in [-0.3, -0.25) is 9.36 Å². The first kappa shape index (κ1) is 19.1. The molecule has 9 heteroatoms. The third kappa shape index (κ3) is 3.86. The van der Waals surface area contributed by atoms with E-state index in [4.69, 9.17) is 13.9 Å². The third-order valence-electron chi connectivity index (χ3n) is 4.42. The van der Waals surface area contributed by atoms with Gasteiger partial charge in [0.05, 0.1) is 17.1 Å². The number of rotatable bonds is 7. The van der Waals surface area contributed by atoms with Crippen LogP contribution in [0.3, 0.4) is 0 Å². The molecule has 1 atom stereocenters. The molecule has 0 radical (unpaired) electrons. The summed E-state index contributed by atoms with van der Waals surface area (Å²) in [7, 11) is 0. The lowest BCUT2D eigenvalue weighted by molar-refractivity contribution is -0.115. The first-order valence-electron chi connectivity index (χ1n) is 9.02. The normalized spacial score (nSPS) is 13.3. The molecule has 1 unspecified atom stereocenters. The summed E-state index contributed by atoms with van der Waals surface area (Å²) in [5.41, 5.74) is 1.51. The van der Waals surface area contributed by atoms with Crippen LogP contribution in [-0.2, 0) is 11.3 Å². The maximum atomic E-state index is 12.7. The number of ether oxygens (including phenoxy) is 2. The van der Waals surface area contributed by atoms with Crippen LogP contribution >= 0.6 is 11.8 Å². The summed E-state index contributed by atoms with van der Waals surface area (Å²) in [6.07, 6.45) is 3.38. The molecular weight excluding hydrogens is 392 g/mol. The number of furan rings is 1. The SMILES string of the molecule is C=CCn1c(SC(C)C(=O)Nc2ccc3c(c2)OCO3)nnc1-c1ccoc1C. The Balaban J connectivity index is 1.49. The summed E-state index contributed by atoms with van der Waals surface area (Å²) in [4.78, 5) is 12.7.